The van der Waals surface area contributed by atoms with Crippen LogP contribution >= 0.6 is 0 Å². The number of carbonyl (C=O) groups is 2. The summed E-state index contributed by atoms with van der Waals surface area (Å²) < 4.78 is 26.1. The van der Waals surface area contributed by atoms with E-state index in [1.165, 1.54) is 12.5 Å². The predicted molar refractivity (Wildman–Crippen MR) is 132 cm³/mol. The molecule has 7 heteroatoms. The van der Waals surface area contributed by atoms with Crippen molar-refractivity contribution in [3.8, 4) is 0 Å². The predicted octanol–water partition coefficient (Wildman–Crippen LogP) is 5.31. The van der Waals surface area contributed by atoms with Crippen molar-refractivity contribution in [1.82, 2.24) is 10.2 Å². The summed E-state index contributed by atoms with van der Waals surface area (Å²) >= 11 is 0. The second-order valence-electron chi connectivity index (χ2n) is 9.89. The highest BCUT2D eigenvalue weighted by Gasteiger charge is 2.52. The van der Waals surface area contributed by atoms with E-state index < -0.39 is 5.92 Å². The van der Waals surface area contributed by atoms with Crippen LogP contribution in [0.4, 0.5) is 14.5 Å². The molecule has 1 amide bonds. The van der Waals surface area contributed by atoms with E-state index in [0.717, 1.165) is 30.8 Å². The molecule has 2 saturated carbocycles. The zero-order valence-electron chi connectivity index (χ0n) is 20.9. The van der Waals surface area contributed by atoms with Crippen molar-refractivity contribution in [2.24, 2.45) is 11.3 Å². The summed E-state index contributed by atoms with van der Waals surface area (Å²) in [6.07, 6.45) is 7.35. The number of halogens is 2. The van der Waals surface area contributed by atoms with Crippen LogP contribution in [-0.4, -0.2) is 49.2 Å². The summed E-state index contributed by atoms with van der Waals surface area (Å²) in [6, 6.07) is 5.53. The van der Waals surface area contributed by atoms with Crippen molar-refractivity contribution in [3.63, 3.8) is 0 Å². The van der Waals surface area contributed by atoms with Crippen LogP contribution in [0, 0.1) is 18.3 Å². The minimum atomic E-state index is -2.58. The fourth-order valence-corrected chi connectivity index (χ4v) is 4.79. The second kappa shape index (κ2) is 10.3. The number of hydrogen-bond acceptors (Lipinski definition) is 4. The van der Waals surface area contributed by atoms with Gasteiger partial charge in [-0.25, -0.2) is 8.78 Å². The smallest absolute Gasteiger partial charge is 0.257 e. The number of fused-ring (bicyclic) bond motifs is 1. The van der Waals surface area contributed by atoms with E-state index in [9.17, 15) is 18.4 Å². The third-order valence-electron chi connectivity index (χ3n) is 7.30. The number of rotatable bonds is 7. The molecule has 0 bridgehead atoms. The molecule has 0 spiro atoms. The van der Waals surface area contributed by atoms with Crippen molar-refractivity contribution in [3.05, 3.63) is 53.4 Å². The van der Waals surface area contributed by atoms with Gasteiger partial charge >= 0.3 is 0 Å². The Morgan fingerprint density at radius 3 is 2.56 bits per heavy atom. The molecule has 0 radical (unpaired) electrons. The van der Waals surface area contributed by atoms with E-state index in [1.807, 2.05) is 39.0 Å². The average molecular weight is 474 g/mol. The van der Waals surface area contributed by atoms with E-state index in [4.69, 9.17) is 0 Å². The van der Waals surface area contributed by atoms with E-state index in [-0.39, 0.29) is 30.5 Å². The van der Waals surface area contributed by atoms with Crippen molar-refractivity contribution in [2.45, 2.75) is 65.3 Å². The van der Waals surface area contributed by atoms with Crippen LogP contribution in [0.1, 0.15) is 62.4 Å². The summed E-state index contributed by atoms with van der Waals surface area (Å²) in [7, 11) is 1.73. The molecule has 1 aromatic rings. The van der Waals surface area contributed by atoms with Crippen molar-refractivity contribution < 1.29 is 18.4 Å². The Morgan fingerprint density at radius 1 is 1.24 bits per heavy atom. The van der Waals surface area contributed by atoms with Gasteiger partial charge in [-0.1, -0.05) is 26.8 Å². The first-order valence-corrected chi connectivity index (χ1v) is 12.2. The van der Waals surface area contributed by atoms with Gasteiger partial charge in [0.1, 0.15) is 0 Å². The summed E-state index contributed by atoms with van der Waals surface area (Å²) in [5.41, 5.74) is 3.12. The number of alkyl halides is 2. The first kappa shape index (κ1) is 25.9. The van der Waals surface area contributed by atoms with Crippen LogP contribution in [0.5, 0.6) is 0 Å². The Morgan fingerprint density at radius 2 is 1.94 bits per heavy atom. The summed E-state index contributed by atoms with van der Waals surface area (Å²) in [5.74, 6) is -2.23. The molecule has 1 heterocycles. The number of nitrogens with zero attached hydrogens (tertiary/aromatic N) is 2. The largest absolute Gasteiger partial charge is 0.377 e. The van der Waals surface area contributed by atoms with Crippen molar-refractivity contribution in [2.75, 3.05) is 25.0 Å². The summed E-state index contributed by atoms with van der Waals surface area (Å²) in [6.45, 7) is 10.2. The number of aryl methyl sites for hydroxylation is 1. The molecule has 2 atom stereocenters. The van der Waals surface area contributed by atoms with Gasteiger partial charge in [0.15, 0.2) is 6.29 Å². The number of carbonyl (C=O) groups excluding carboxylic acids is 2. The van der Waals surface area contributed by atoms with Gasteiger partial charge in [0.25, 0.3) is 11.8 Å². The highest BCUT2D eigenvalue weighted by molar-refractivity contribution is 6.02. The Balaban J connectivity index is 0.00000158. The Labute approximate surface area is 201 Å². The lowest BCUT2D eigenvalue weighted by atomic mass is 9.87. The molecule has 1 aliphatic heterocycles. The van der Waals surface area contributed by atoms with Crippen molar-refractivity contribution in [1.29, 1.82) is 0 Å². The van der Waals surface area contributed by atoms with E-state index >= 15 is 0 Å². The average Bonchev–Trinajstić information content (AvgIpc) is 3.48. The van der Waals surface area contributed by atoms with Crippen LogP contribution in [0.25, 0.3) is 0 Å². The van der Waals surface area contributed by atoms with Gasteiger partial charge in [-0.3, -0.25) is 9.59 Å². The molecule has 186 valence electrons. The van der Waals surface area contributed by atoms with Crippen molar-refractivity contribution >= 4 is 17.9 Å². The number of allylic oxidation sites excluding steroid dienone is 3. The lowest BCUT2D eigenvalue weighted by Gasteiger charge is -2.40. The van der Waals surface area contributed by atoms with E-state index in [0.29, 0.717) is 23.2 Å². The normalized spacial score (nSPS) is 25.6. The fourth-order valence-electron chi connectivity index (χ4n) is 4.79. The molecule has 2 unspecified atom stereocenters. The minimum absolute atomic E-state index is 0.124. The number of piperidine rings is 1. The molecular formula is C27H37F2N3O2. The van der Waals surface area contributed by atoms with Gasteiger partial charge in [-0.15, -0.1) is 0 Å². The first-order valence-electron chi connectivity index (χ1n) is 12.2. The highest BCUT2D eigenvalue weighted by atomic mass is 19.3. The number of anilines is 1. The molecule has 0 aromatic heterocycles. The van der Waals surface area contributed by atoms with Gasteiger partial charge in [0.05, 0.1) is 11.3 Å². The maximum absolute atomic E-state index is 13.0. The second-order valence-corrected chi connectivity index (χ2v) is 9.89. The molecule has 1 aromatic carbocycles. The number of amides is 1. The number of hydrogen-bond donors (Lipinski definition) is 1. The van der Waals surface area contributed by atoms with Crippen LogP contribution < -0.4 is 10.2 Å². The fraction of sp³-hybridized carbons (Fsp3) is 0.556. The maximum Gasteiger partial charge on any atom is 0.257 e. The lowest BCUT2D eigenvalue weighted by Crippen LogP contribution is -2.47. The minimum Gasteiger partial charge on any atom is -0.377 e. The molecule has 1 saturated heterocycles. The van der Waals surface area contributed by atoms with Gasteiger partial charge in [0.2, 0.25) is 0 Å². The first-order chi connectivity index (χ1) is 16.1. The Bertz CT molecular complexity index is 967. The van der Waals surface area contributed by atoms with Gasteiger partial charge in [-0.05, 0) is 67.1 Å². The molecule has 2 aliphatic carbocycles. The monoisotopic (exact) mass is 473 g/mol. The molecule has 5 nitrogen and oxygen atoms in total. The van der Waals surface area contributed by atoms with Crippen LogP contribution in [0.2, 0.25) is 0 Å². The van der Waals surface area contributed by atoms with Crippen LogP contribution in [0.3, 0.4) is 0 Å². The quantitative estimate of drug-likeness (QED) is 0.331. The summed E-state index contributed by atoms with van der Waals surface area (Å²) in [5, 5.41) is 2.69. The maximum atomic E-state index is 13.0. The lowest BCUT2D eigenvalue weighted by molar-refractivity contribution is -0.112. The summed E-state index contributed by atoms with van der Waals surface area (Å²) in [4.78, 5) is 28.5. The third-order valence-corrected chi connectivity index (χ3v) is 7.30. The topological polar surface area (TPSA) is 52.7 Å². The molecule has 1 N–H and O–H groups in total. The van der Waals surface area contributed by atoms with Gasteiger partial charge in [0, 0.05) is 44.7 Å². The standard InChI is InChI=1S/C25H31F2N3O2.C2H6/c1-17-6-7-21(22(11-17)30-10-8-24(2)12-18(24)15-30)23(32)28-19(16-31)5-4-9-29(3)20-13-25(26,27)14-20;1-2/h4-7,9,11,16,18,20H,8,10,12-15H2,1-3H3,(H,28,32);1-2H3/b9-4-,19-5+;. The highest BCUT2D eigenvalue weighted by Crippen LogP contribution is 2.57. The zero-order valence-corrected chi connectivity index (χ0v) is 20.9. The van der Waals surface area contributed by atoms with Crippen LogP contribution in [0.15, 0.2) is 42.2 Å². The van der Waals surface area contributed by atoms with Crippen LogP contribution in [-0.2, 0) is 4.79 Å². The molecule has 4 rings (SSSR count). The van der Waals surface area contributed by atoms with Gasteiger partial charge < -0.3 is 15.1 Å². The van der Waals surface area contributed by atoms with E-state index in [2.05, 4.69) is 17.1 Å². The third kappa shape index (κ3) is 5.86. The number of aldehydes is 1. The molecule has 3 aliphatic rings. The number of nitrogens with one attached hydrogen (secondary N) is 1. The molecule has 34 heavy (non-hydrogen) atoms. The number of benzene rings is 1. The zero-order chi connectivity index (χ0) is 25.1. The molecular weight excluding hydrogens is 436 g/mol. The Kier molecular flexibility index (Phi) is 7.84. The van der Waals surface area contributed by atoms with Gasteiger partial charge in [-0.2, -0.15) is 0 Å². The SMILES string of the molecule is CC.Cc1ccc(C(=O)N/C(C=O)=C/C=C\N(C)C2CC(F)(F)C2)c(N2CCC3(C)CC3C2)c1. The molecule has 3 fully saturated rings. The Hall–Kier alpha value is -2.70. The van der Waals surface area contributed by atoms with E-state index in [1.54, 1.807) is 24.2 Å².